The molecular formula is C20H22ClNO. The number of amides is 1. The normalized spacial score (nSPS) is 17.7. The van der Waals surface area contributed by atoms with Crippen molar-refractivity contribution in [1.29, 1.82) is 0 Å². The zero-order valence-electron chi connectivity index (χ0n) is 13.2. The molecule has 3 heteroatoms. The number of benzene rings is 2. The van der Waals surface area contributed by atoms with Crippen LogP contribution >= 0.6 is 11.6 Å². The molecule has 0 spiro atoms. The van der Waals surface area contributed by atoms with E-state index < -0.39 is 0 Å². The Kier molecular flexibility index (Phi) is 5.35. The van der Waals surface area contributed by atoms with Gasteiger partial charge in [0.05, 0.1) is 0 Å². The summed E-state index contributed by atoms with van der Waals surface area (Å²) in [5.41, 5.74) is 2.38. The van der Waals surface area contributed by atoms with Crippen LogP contribution in [0, 0.1) is 0 Å². The van der Waals surface area contributed by atoms with Crippen LogP contribution in [0.2, 0.25) is 0 Å². The summed E-state index contributed by atoms with van der Waals surface area (Å²) in [5.74, 6) is 0.847. The topological polar surface area (TPSA) is 20.3 Å². The number of rotatable bonds is 5. The third-order valence-corrected chi connectivity index (χ3v) is 5.01. The second kappa shape index (κ2) is 7.65. The first-order chi connectivity index (χ1) is 11.3. The van der Waals surface area contributed by atoms with E-state index in [1.165, 1.54) is 11.1 Å². The predicted octanol–water partition coefficient (Wildman–Crippen LogP) is 4.44. The Balaban J connectivity index is 1.83. The number of hydrogen-bond donors (Lipinski definition) is 0. The van der Waals surface area contributed by atoms with Crippen molar-refractivity contribution in [3.8, 4) is 0 Å². The summed E-state index contributed by atoms with van der Waals surface area (Å²) in [6, 6.07) is 20.8. The Morgan fingerprint density at radius 2 is 1.61 bits per heavy atom. The highest BCUT2D eigenvalue weighted by Crippen LogP contribution is 2.30. The van der Waals surface area contributed by atoms with Gasteiger partial charge in [0.2, 0.25) is 5.91 Å². The smallest absolute Gasteiger partial charge is 0.223 e. The van der Waals surface area contributed by atoms with E-state index in [1.807, 2.05) is 41.3 Å². The van der Waals surface area contributed by atoms with Crippen molar-refractivity contribution >= 4 is 17.5 Å². The number of halogens is 1. The maximum atomic E-state index is 12.8. The van der Waals surface area contributed by atoms with Gasteiger partial charge in [-0.25, -0.2) is 0 Å². The molecule has 0 N–H and O–H groups in total. The quantitative estimate of drug-likeness (QED) is 0.743. The van der Waals surface area contributed by atoms with Crippen LogP contribution in [-0.2, 0) is 4.79 Å². The van der Waals surface area contributed by atoms with Gasteiger partial charge in [-0.2, -0.15) is 0 Å². The summed E-state index contributed by atoms with van der Waals surface area (Å²) >= 11 is 6.02. The van der Waals surface area contributed by atoms with E-state index in [2.05, 4.69) is 24.3 Å². The van der Waals surface area contributed by atoms with Gasteiger partial charge in [-0.05, 0) is 24.0 Å². The molecule has 0 saturated carbocycles. The van der Waals surface area contributed by atoms with Crippen molar-refractivity contribution in [3.63, 3.8) is 0 Å². The van der Waals surface area contributed by atoms with Crippen LogP contribution in [0.5, 0.6) is 0 Å². The van der Waals surface area contributed by atoms with Crippen LogP contribution in [0.1, 0.15) is 36.3 Å². The lowest BCUT2D eigenvalue weighted by molar-refractivity contribution is -0.131. The molecule has 0 radical (unpaired) electrons. The molecule has 23 heavy (non-hydrogen) atoms. The first-order valence-corrected chi connectivity index (χ1v) is 8.78. The lowest BCUT2D eigenvalue weighted by Gasteiger charge is -2.26. The van der Waals surface area contributed by atoms with E-state index in [-0.39, 0.29) is 17.9 Å². The highest BCUT2D eigenvalue weighted by atomic mass is 35.5. The molecule has 1 aliphatic rings. The molecule has 0 unspecified atom stereocenters. The van der Waals surface area contributed by atoms with Gasteiger partial charge in [0.15, 0.2) is 0 Å². The van der Waals surface area contributed by atoms with Crippen molar-refractivity contribution < 1.29 is 4.79 Å². The van der Waals surface area contributed by atoms with Gasteiger partial charge in [0, 0.05) is 30.8 Å². The minimum absolute atomic E-state index is 0.0986. The standard InChI is InChI=1S/C20H22ClNO/c21-15-18-12-7-13-22(18)20(23)14-19(16-8-3-1-4-9-16)17-10-5-2-6-11-17/h1-6,8-11,18-19H,7,12-15H2/t18-/m0/s1. The van der Waals surface area contributed by atoms with Gasteiger partial charge < -0.3 is 4.90 Å². The first kappa shape index (κ1) is 16.1. The Morgan fingerprint density at radius 1 is 1.04 bits per heavy atom. The SMILES string of the molecule is O=C(CC(c1ccccc1)c1ccccc1)N1CCC[C@H]1CCl. The summed E-state index contributed by atoms with van der Waals surface area (Å²) in [7, 11) is 0. The molecule has 1 fully saturated rings. The van der Waals surface area contributed by atoms with Gasteiger partial charge >= 0.3 is 0 Å². The van der Waals surface area contributed by atoms with E-state index in [1.54, 1.807) is 0 Å². The molecule has 0 bridgehead atoms. The summed E-state index contributed by atoms with van der Waals surface area (Å²) in [4.78, 5) is 14.8. The molecule has 3 rings (SSSR count). The number of carbonyl (C=O) groups is 1. The Bertz CT molecular complexity index is 589. The highest BCUT2D eigenvalue weighted by Gasteiger charge is 2.30. The minimum Gasteiger partial charge on any atom is -0.338 e. The third kappa shape index (κ3) is 3.76. The van der Waals surface area contributed by atoms with E-state index >= 15 is 0 Å². The van der Waals surface area contributed by atoms with Gasteiger partial charge in [-0.1, -0.05) is 60.7 Å². The van der Waals surface area contributed by atoms with Gasteiger partial charge in [-0.15, -0.1) is 11.6 Å². The second-order valence-corrected chi connectivity index (χ2v) is 6.42. The van der Waals surface area contributed by atoms with Gasteiger partial charge in [0.1, 0.15) is 0 Å². The Hall–Kier alpha value is -1.80. The van der Waals surface area contributed by atoms with E-state index in [0.717, 1.165) is 19.4 Å². The average molecular weight is 328 g/mol. The van der Waals surface area contributed by atoms with E-state index in [4.69, 9.17) is 11.6 Å². The monoisotopic (exact) mass is 327 g/mol. The highest BCUT2D eigenvalue weighted by molar-refractivity contribution is 6.18. The number of hydrogen-bond acceptors (Lipinski definition) is 1. The van der Waals surface area contributed by atoms with Crippen LogP contribution in [0.25, 0.3) is 0 Å². The minimum atomic E-state index is 0.0986. The summed E-state index contributed by atoms with van der Waals surface area (Å²) in [6.45, 7) is 0.840. The van der Waals surface area contributed by atoms with E-state index in [9.17, 15) is 4.79 Å². The summed E-state index contributed by atoms with van der Waals surface area (Å²) < 4.78 is 0. The fourth-order valence-corrected chi connectivity index (χ4v) is 3.74. The Morgan fingerprint density at radius 3 is 2.13 bits per heavy atom. The predicted molar refractivity (Wildman–Crippen MR) is 94.8 cm³/mol. The van der Waals surface area contributed by atoms with E-state index in [0.29, 0.717) is 12.3 Å². The van der Waals surface area contributed by atoms with Gasteiger partial charge in [-0.3, -0.25) is 4.79 Å². The van der Waals surface area contributed by atoms with Crippen molar-refractivity contribution in [3.05, 3.63) is 71.8 Å². The molecule has 1 amide bonds. The molecule has 0 aliphatic carbocycles. The number of likely N-dealkylation sites (tertiary alicyclic amines) is 1. The first-order valence-electron chi connectivity index (χ1n) is 8.25. The molecule has 2 aromatic rings. The number of nitrogens with zero attached hydrogens (tertiary/aromatic N) is 1. The van der Waals surface area contributed by atoms with Crippen LogP contribution in [0.3, 0.4) is 0 Å². The molecule has 1 aliphatic heterocycles. The Labute approximate surface area is 143 Å². The maximum Gasteiger partial charge on any atom is 0.223 e. The number of alkyl halides is 1. The largest absolute Gasteiger partial charge is 0.338 e. The number of carbonyl (C=O) groups excluding carboxylic acids is 1. The van der Waals surface area contributed by atoms with Crippen molar-refractivity contribution in [2.45, 2.75) is 31.2 Å². The van der Waals surface area contributed by atoms with Crippen molar-refractivity contribution in [2.24, 2.45) is 0 Å². The third-order valence-electron chi connectivity index (χ3n) is 4.66. The van der Waals surface area contributed by atoms with Crippen molar-refractivity contribution in [2.75, 3.05) is 12.4 Å². The summed E-state index contributed by atoms with van der Waals surface area (Å²) in [5, 5.41) is 0. The molecule has 2 nitrogen and oxygen atoms in total. The average Bonchev–Trinajstić information content (AvgIpc) is 3.10. The maximum absolute atomic E-state index is 12.8. The molecular weight excluding hydrogens is 306 g/mol. The molecule has 1 heterocycles. The molecule has 1 saturated heterocycles. The van der Waals surface area contributed by atoms with Crippen LogP contribution in [0.4, 0.5) is 0 Å². The molecule has 0 aromatic heterocycles. The fraction of sp³-hybridized carbons (Fsp3) is 0.350. The zero-order chi connectivity index (χ0) is 16.1. The molecule has 1 atom stereocenters. The van der Waals surface area contributed by atoms with Gasteiger partial charge in [0.25, 0.3) is 0 Å². The zero-order valence-corrected chi connectivity index (χ0v) is 14.0. The van der Waals surface area contributed by atoms with Crippen molar-refractivity contribution in [1.82, 2.24) is 4.90 Å². The molecule has 120 valence electrons. The van der Waals surface area contributed by atoms with Crippen LogP contribution < -0.4 is 0 Å². The van der Waals surface area contributed by atoms with Crippen LogP contribution in [-0.4, -0.2) is 29.3 Å². The van der Waals surface area contributed by atoms with Crippen LogP contribution in [0.15, 0.2) is 60.7 Å². The molecule has 2 aromatic carbocycles. The lowest BCUT2D eigenvalue weighted by Crippen LogP contribution is -2.37. The summed E-state index contributed by atoms with van der Waals surface area (Å²) in [6.07, 6.45) is 2.59. The lowest BCUT2D eigenvalue weighted by atomic mass is 9.88. The fourth-order valence-electron chi connectivity index (χ4n) is 3.42. The second-order valence-electron chi connectivity index (χ2n) is 6.12.